The van der Waals surface area contributed by atoms with E-state index in [9.17, 15) is 4.79 Å². The van der Waals surface area contributed by atoms with Crippen LogP contribution in [0, 0.1) is 12.8 Å². The molecule has 0 aromatic heterocycles. The molecule has 0 saturated carbocycles. The van der Waals surface area contributed by atoms with E-state index in [0.717, 1.165) is 49.2 Å². The Morgan fingerprint density at radius 1 is 1.35 bits per heavy atom. The third-order valence-corrected chi connectivity index (χ3v) is 3.79. The lowest BCUT2D eigenvalue weighted by atomic mass is 9.97. The number of hydrazine groups is 1. The molecule has 0 amide bonds. The monoisotopic (exact) mass is 298 g/mol. The standard InChI is InChI=1S/C13H18ClN3O.CH5N/c1-9-12(16-15)6-11(14)7-13(9)17-4-2-10(8-18)3-5-17;1-2/h6-8,10,16H,2-5,15H2,1H3;2H2,1H3. The minimum atomic E-state index is 0.202. The number of piperidine rings is 1. The van der Waals surface area contributed by atoms with Gasteiger partial charge >= 0.3 is 0 Å². The normalized spacial score (nSPS) is 15.3. The van der Waals surface area contributed by atoms with Crippen molar-refractivity contribution in [2.45, 2.75) is 19.8 Å². The number of nitrogen functional groups attached to an aromatic ring is 1. The number of halogens is 1. The lowest BCUT2D eigenvalue weighted by molar-refractivity contribution is -0.111. The molecular formula is C14H23ClN4O. The van der Waals surface area contributed by atoms with Crippen molar-refractivity contribution in [3.63, 3.8) is 0 Å². The minimum absolute atomic E-state index is 0.202. The van der Waals surface area contributed by atoms with Crippen molar-refractivity contribution < 1.29 is 4.79 Å². The lowest BCUT2D eigenvalue weighted by Crippen LogP contribution is -2.34. The van der Waals surface area contributed by atoms with Gasteiger partial charge in [0.25, 0.3) is 0 Å². The van der Waals surface area contributed by atoms with Gasteiger partial charge < -0.3 is 20.9 Å². The van der Waals surface area contributed by atoms with Crippen molar-refractivity contribution in [3.8, 4) is 0 Å². The summed E-state index contributed by atoms with van der Waals surface area (Å²) in [5.74, 6) is 5.69. The van der Waals surface area contributed by atoms with Gasteiger partial charge in [0.2, 0.25) is 0 Å². The first kappa shape index (κ1) is 16.8. The smallest absolute Gasteiger partial charge is 0.123 e. The Bertz CT molecular complexity index is 445. The van der Waals surface area contributed by atoms with Gasteiger partial charge in [-0.2, -0.15) is 0 Å². The summed E-state index contributed by atoms with van der Waals surface area (Å²) < 4.78 is 0. The third-order valence-electron chi connectivity index (χ3n) is 3.57. The summed E-state index contributed by atoms with van der Waals surface area (Å²) in [5.41, 5.74) is 10.2. The highest BCUT2D eigenvalue weighted by atomic mass is 35.5. The average molecular weight is 299 g/mol. The van der Waals surface area contributed by atoms with Crippen LogP contribution in [-0.4, -0.2) is 26.4 Å². The second-order valence-electron chi connectivity index (χ2n) is 4.70. The topological polar surface area (TPSA) is 84.4 Å². The van der Waals surface area contributed by atoms with Gasteiger partial charge in [0.1, 0.15) is 6.29 Å². The quantitative estimate of drug-likeness (QED) is 0.451. The van der Waals surface area contributed by atoms with Crippen LogP contribution in [-0.2, 0) is 4.79 Å². The molecule has 1 heterocycles. The van der Waals surface area contributed by atoms with E-state index in [-0.39, 0.29) is 5.92 Å². The number of nitrogens with one attached hydrogen (secondary N) is 1. The molecule has 1 aliphatic heterocycles. The molecule has 1 fully saturated rings. The zero-order chi connectivity index (χ0) is 15.1. The van der Waals surface area contributed by atoms with Crippen LogP contribution in [0.2, 0.25) is 5.02 Å². The van der Waals surface area contributed by atoms with Crippen LogP contribution in [0.3, 0.4) is 0 Å². The molecule has 1 aromatic carbocycles. The number of rotatable bonds is 3. The molecule has 5 nitrogen and oxygen atoms in total. The number of anilines is 2. The maximum Gasteiger partial charge on any atom is 0.123 e. The SMILES string of the molecule is CN.Cc1c(NN)cc(Cl)cc1N1CCC(C=O)CC1. The molecule has 0 bridgehead atoms. The molecule has 2 rings (SSSR count). The minimum Gasteiger partial charge on any atom is -0.371 e. The van der Waals surface area contributed by atoms with Crippen molar-refractivity contribution in [1.29, 1.82) is 0 Å². The fourth-order valence-electron chi connectivity index (χ4n) is 2.42. The van der Waals surface area contributed by atoms with E-state index < -0.39 is 0 Å². The first-order valence-corrected chi connectivity index (χ1v) is 7.08. The molecule has 0 spiro atoms. The number of hydrogen-bond donors (Lipinski definition) is 3. The van der Waals surface area contributed by atoms with Crippen LogP contribution >= 0.6 is 11.6 Å². The molecule has 0 radical (unpaired) electrons. The Labute approximate surface area is 125 Å². The van der Waals surface area contributed by atoms with Gasteiger partial charge in [-0.25, -0.2) is 0 Å². The molecule has 0 unspecified atom stereocenters. The predicted octanol–water partition coefficient (Wildman–Crippen LogP) is 1.92. The average Bonchev–Trinajstić information content (AvgIpc) is 2.51. The summed E-state index contributed by atoms with van der Waals surface area (Å²) in [7, 11) is 1.50. The summed E-state index contributed by atoms with van der Waals surface area (Å²) in [4.78, 5) is 13.0. The Hall–Kier alpha value is -1.30. The maximum atomic E-state index is 10.8. The number of hydrogen-bond acceptors (Lipinski definition) is 5. The largest absolute Gasteiger partial charge is 0.371 e. The Kier molecular flexibility index (Phi) is 6.78. The van der Waals surface area contributed by atoms with Crippen molar-refractivity contribution in [2.75, 3.05) is 30.5 Å². The van der Waals surface area contributed by atoms with Gasteiger partial charge in [-0.15, -0.1) is 0 Å². The van der Waals surface area contributed by atoms with E-state index in [0.29, 0.717) is 5.02 Å². The molecule has 5 N–H and O–H groups in total. The van der Waals surface area contributed by atoms with E-state index in [1.165, 1.54) is 7.05 Å². The summed E-state index contributed by atoms with van der Waals surface area (Å²) in [6.07, 6.45) is 2.87. The van der Waals surface area contributed by atoms with Crippen molar-refractivity contribution >= 4 is 29.3 Å². The maximum absolute atomic E-state index is 10.8. The molecule has 0 aliphatic carbocycles. The number of benzene rings is 1. The Morgan fingerprint density at radius 2 is 1.95 bits per heavy atom. The van der Waals surface area contributed by atoms with Crippen LogP contribution in [0.25, 0.3) is 0 Å². The molecule has 20 heavy (non-hydrogen) atoms. The number of aldehydes is 1. The van der Waals surface area contributed by atoms with E-state index >= 15 is 0 Å². The van der Waals surface area contributed by atoms with Gasteiger partial charge in [0.05, 0.1) is 5.69 Å². The molecule has 6 heteroatoms. The summed E-state index contributed by atoms with van der Waals surface area (Å²) >= 11 is 6.10. The predicted molar refractivity (Wildman–Crippen MR) is 85.1 cm³/mol. The zero-order valence-electron chi connectivity index (χ0n) is 12.0. The van der Waals surface area contributed by atoms with Gasteiger partial charge in [-0.1, -0.05) is 11.6 Å². The van der Waals surface area contributed by atoms with Gasteiger partial charge in [-0.05, 0) is 44.5 Å². The first-order chi connectivity index (χ1) is 9.65. The zero-order valence-corrected chi connectivity index (χ0v) is 12.8. The summed E-state index contributed by atoms with van der Waals surface area (Å²) in [6.45, 7) is 3.79. The Balaban J connectivity index is 0.000000956. The van der Waals surface area contributed by atoms with Crippen molar-refractivity contribution in [1.82, 2.24) is 0 Å². The highest BCUT2D eigenvalue weighted by Gasteiger charge is 2.21. The van der Waals surface area contributed by atoms with E-state index in [2.05, 4.69) is 16.1 Å². The van der Waals surface area contributed by atoms with Crippen molar-refractivity contribution in [2.24, 2.45) is 17.5 Å². The number of carbonyl (C=O) groups excluding carboxylic acids is 1. The van der Waals surface area contributed by atoms with E-state index in [1.807, 2.05) is 19.1 Å². The van der Waals surface area contributed by atoms with Crippen LogP contribution < -0.4 is 21.9 Å². The van der Waals surface area contributed by atoms with Crippen LogP contribution in [0.4, 0.5) is 11.4 Å². The first-order valence-electron chi connectivity index (χ1n) is 6.70. The van der Waals surface area contributed by atoms with Crippen molar-refractivity contribution in [3.05, 3.63) is 22.7 Å². The lowest BCUT2D eigenvalue weighted by Gasteiger charge is -2.33. The molecule has 1 saturated heterocycles. The Morgan fingerprint density at radius 3 is 2.45 bits per heavy atom. The second-order valence-corrected chi connectivity index (χ2v) is 5.14. The fraction of sp³-hybridized carbons (Fsp3) is 0.500. The summed E-state index contributed by atoms with van der Waals surface area (Å²) in [6, 6.07) is 3.78. The van der Waals surface area contributed by atoms with E-state index in [4.69, 9.17) is 17.4 Å². The molecule has 1 aromatic rings. The summed E-state index contributed by atoms with van der Waals surface area (Å²) in [5, 5.41) is 0.668. The van der Waals surface area contributed by atoms with Gasteiger partial charge in [-0.3, -0.25) is 5.84 Å². The number of nitrogens with zero attached hydrogens (tertiary/aromatic N) is 1. The van der Waals surface area contributed by atoms with Crippen LogP contribution in [0.15, 0.2) is 12.1 Å². The van der Waals surface area contributed by atoms with Gasteiger partial charge in [0, 0.05) is 29.7 Å². The van der Waals surface area contributed by atoms with Crippen LogP contribution in [0.1, 0.15) is 18.4 Å². The van der Waals surface area contributed by atoms with Gasteiger partial charge in [0.15, 0.2) is 0 Å². The molecule has 0 atom stereocenters. The van der Waals surface area contributed by atoms with Crippen LogP contribution in [0.5, 0.6) is 0 Å². The van der Waals surface area contributed by atoms with E-state index in [1.54, 1.807) is 0 Å². The molecular weight excluding hydrogens is 276 g/mol. The highest BCUT2D eigenvalue weighted by molar-refractivity contribution is 6.31. The number of carbonyl (C=O) groups is 1. The fourth-order valence-corrected chi connectivity index (χ4v) is 2.63. The number of nitrogens with two attached hydrogens (primary N) is 2. The molecule has 1 aliphatic rings. The molecule has 112 valence electrons. The highest BCUT2D eigenvalue weighted by Crippen LogP contribution is 2.32. The third kappa shape index (κ3) is 3.85. The second kappa shape index (κ2) is 8.09.